The molecule has 3 heteroatoms. The molecule has 0 aliphatic heterocycles. The minimum absolute atomic E-state index is 0.109. The summed E-state index contributed by atoms with van der Waals surface area (Å²) in [6, 6.07) is 0. The number of nitrogens with one attached hydrogen (secondary N) is 1. The SMILES string of the molecule is COC(=O)CCCNCC1(C(C)C)CC1. The van der Waals surface area contributed by atoms with Crippen molar-refractivity contribution in [2.45, 2.75) is 39.5 Å². The summed E-state index contributed by atoms with van der Waals surface area (Å²) in [6.07, 6.45) is 4.11. The molecule has 1 aliphatic rings. The van der Waals surface area contributed by atoms with Gasteiger partial charge in [-0.25, -0.2) is 0 Å². The number of rotatable bonds is 7. The lowest BCUT2D eigenvalue weighted by atomic mass is 9.92. The molecular formula is C12H23NO2. The third-order valence-electron chi connectivity index (χ3n) is 3.56. The number of esters is 1. The van der Waals surface area contributed by atoms with E-state index in [2.05, 4.69) is 23.9 Å². The van der Waals surface area contributed by atoms with Crippen LogP contribution in [0.3, 0.4) is 0 Å². The van der Waals surface area contributed by atoms with E-state index in [1.807, 2.05) is 0 Å². The predicted octanol–water partition coefficient (Wildman–Crippen LogP) is 1.97. The largest absolute Gasteiger partial charge is 0.469 e. The topological polar surface area (TPSA) is 38.3 Å². The average Bonchev–Trinajstić information content (AvgIpc) is 2.98. The van der Waals surface area contributed by atoms with Crippen LogP contribution in [0.4, 0.5) is 0 Å². The lowest BCUT2D eigenvalue weighted by Crippen LogP contribution is -2.28. The summed E-state index contributed by atoms with van der Waals surface area (Å²) in [5.74, 6) is 0.660. The highest BCUT2D eigenvalue weighted by Gasteiger charge is 2.44. The summed E-state index contributed by atoms with van der Waals surface area (Å²) >= 11 is 0. The Kier molecular flexibility index (Phi) is 4.58. The molecule has 1 aliphatic carbocycles. The standard InChI is InChI=1S/C12H23NO2/c1-10(2)12(6-7-12)9-13-8-4-5-11(14)15-3/h10,13H,4-9H2,1-3H3. The van der Waals surface area contributed by atoms with Crippen LogP contribution in [-0.2, 0) is 9.53 Å². The number of ether oxygens (including phenoxy) is 1. The number of hydrogen-bond acceptors (Lipinski definition) is 3. The molecule has 1 rings (SSSR count). The van der Waals surface area contributed by atoms with E-state index >= 15 is 0 Å². The lowest BCUT2D eigenvalue weighted by Gasteiger charge is -2.19. The number of carbonyl (C=O) groups is 1. The van der Waals surface area contributed by atoms with Crippen LogP contribution in [0.2, 0.25) is 0 Å². The Balaban J connectivity index is 2.00. The van der Waals surface area contributed by atoms with Crippen molar-refractivity contribution in [2.75, 3.05) is 20.2 Å². The fraction of sp³-hybridized carbons (Fsp3) is 0.917. The van der Waals surface area contributed by atoms with Gasteiger partial charge in [-0.05, 0) is 37.1 Å². The predicted molar refractivity (Wildman–Crippen MR) is 60.6 cm³/mol. The van der Waals surface area contributed by atoms with Crippen molar-refractivity contribution in [1.29, 1.82) is 0 Å². The molecule has 1 N–H and O–H groups in total. The Bertz CT molecular complexity index is 210. The van der Waals surface area contributed by atoms with E-state index in [0.29, 0.717) is 11.8 Å². The molecule has 0 bridgehead atoms. The zero-order valence-electron chi connectivity index (χ0n) is 10.1. The van der Waals surface area contributed by atoms with Gasteiger partial charge in [-0.1, -0.05) is 13.8 Å². The minimum Gasteiger partial charge on any atom is -0.469 e. The summed E-state index contributed by atoms with van der Waals surface area (Å²) < 4.78 is 4.58. The van der Waals surface area contributed by atoms with E-state index in [1.54, 1.807) is 0 Å². The molecule has 0 aromatic rings. The second-order valence-electron chi connectivity index (χ2n) is 4.87. The highest BCUT2D eigenvalue weighted by molar-refractivity contribution is 5.69. The average molecular weight is 213 g/mol. The van der Waals surface area contributed by atoms with Crippen molar-refractivity contribution >= 4 is 5.97 Å². The van der Waals surface area contributed by atoms with Crippen LogP contribution in [0.1, 0.15) is 39.5 Å². The van der Waals surface area contributed by atoms with Gasteiger partial charge in [0.25, 0.3) is 0 Å². The maximum absolute atomic E-state index is 10.8. The third-order valence-corrected chi connectivity index (χ3v) is 3.56. The zero-order valence-corrected chi connectivity index (χ0v) is 10.1. The molecule has 1 saturated carbocycles. The molecule has 0 spiro atoms. The molecule has 0 radical (unpaired) electrons. The number of hydrogen-bond donors (Lipinski definition) is 1. The van der Waals surface area contributed by atoms with E-state index < -0.39 is 0 Å². The third kappa shape index (κ3) is 3.82. The fourth-order valence-corrected chi connectivity index (χ4v) is 1.92. The summed E-state index contributed by atoms with van der Waals surface area (Å²) in [7, 11) is 1.44. The van der Waals surface area contributed by atoms with Gasteiger partial charge >= 0.3 is 5.97 Å². The first-order chi connectivity index (χ1) is 7.10. The van der Waals surface area contributed by atoms with Gasteiger partial charge in [0.2, 0.25) is 0 Å². The van der Waals surface area contributed by atoms with Gasteiger partial charge in [0.15, 0.2) is 0 Å². The van der Waals surface area contributed by atoms with Crippen LogP contribution in [0.5, 0.6) is 0 Å². The first-order valence-corrected chi connectivity index (χ1v) is 5.88. The van der Waals surface area contributed by atoms with Gasteiger partial charge in [-0.15, -0.1) is 0 Å². The lowest BCUT2D eigenvalue weighted by molar-refractivity contribution is -0.140. The van der Waals surface area contributed by atoms with Gasteiger partial charge in [0.1, 0.15) is 0 Å². The van der Waals surface area contributed by atoms with Gasteiger partial charge in [0.05, 0.1) is 7.11 Å². The monoisotopic (exact) mass is 213 g/mol. The molecule has 0 atom stereocenters. The highest BCUT2D eigenvalue weighted by atomic mass is 16.5. The van der Waals surface area contributed by atoms with E-state index in [-0.39, 0.29) is 5.97 Å². The molecule has 15 heavy (non-hydrogen) atoms. The Morgan fingerprint density at radius 2 is 2.13 bits per heavy atom. The van der Waals surface area contributed by atoms with Crippen molar-refractivity contribution in [2.24, 2.45) is 11.3 Å². The van der Waals surface area contributed by atoms with Gasteiger partial charge in [-0.2, -0.15) is 0 Å². The zero-order chi connectivity index (χ0) is 11.3. The van der Waals surface area contributed by atoms with Gasteiger partial charge in [-0.3, -0.25) is 4.79 Å². The summed E-state index contributed by atoms with van der Waals surface area (Å²) in [5.41, 5.74) is 0.561. The molecule has 0 heterocycles. The molecule has 0 amide bonds. The van der Waals surface area contributed by atoms with E-state index in [0.717, 1.165) is 25.4 Å². The van der Waals surface area contributed by atoms with E-state index in [9.17, 15) is 4.79 Å². The van der Waals surface area contributed by atoms with Crippen molar-refractivity contribution in [1.82, 2.24) is 5.32 Å². The summed E-state index contributed by atoms with van der Waals surface area (Å²) in [5, 5.41) is 3.44. The van der Waals surface area contributed by atoms with E-state index in [1.165, 1.54) is 20.0 Å². The maximum atomic E-state index is 10.8. The van der Waals surface area contributed by atoms with Crippen LogP contribution in [-0.4, -0.2) is 26.2 Å². The molecule has 0 unspecified atom stereocenters. The Morgan fingerprint density at radius 1 is 1.47 bits per heavy atom. The molecule has 1 fully saturated rings. The molecule has 88 valence electrons. The summed E-state index contributed by atoms with van der Waals surface area (Å²) in [4.78, 5) is 10.8. The van der Waals surface area contributed by atoms with Crippen LogP contribution >= 0.6 is 0 Å². The Hall–Kier alpha value is -0.570. The molecule has 0 aromatic carbocycles. The number of carbonyl (C=O) groups excluding carboxylic acids is 1. The van der Waals surface area contributed by atoms with Crippen LogP contribution in [0.25, 0.3) is 0 Å². The summed E-state index contributed by atoms with van der Waals surface area (Å²) in [6.45, 7) is 6.61. The minimum atomic E-state index is -0.109. The normalized spacial score (nSPS) is 17.9. The van der Waals surface area contributed by atoms with Crippen molar-refractivity contribution in [3.8, 4) is 0 Å². The second-order valence-corrected chi connectivity index (χ2v) is 4.87. The van der Waals surface area contributed by atoms with Crippen molar-refractivity contribution < 1.29 is 9.53 Å². The quantitative estimate of drug-likeness (QED) is 0.519. The highest BCUT2D eigenvalue weighted by Crippen LogP contribution is 2.51. The van der Waals surface area contributed by atoms with Gasteiger partial charge in [0, 0.05) is 13.0 Å². The molecule has 0 saturated heterocycles. The maximum Gasteiger partial charge on any atom is 0.305 e. The van der Waals surface area contributed by atoms with Crippen LogP contribution in [0.15, 0.2) is 0 Å². The van der Waals surface area contributed by atoms with Gasteiger partial charge < -0.3 is 10.1 Å². The molecule has 3 nitrogen and oxygen atoms in total. The van der Waals surface area contributed by atoms with Crippen LogP contribution < -0.4 is 5.32 Å². The second kappa shape index (κ2) is 5.50. The van der Waals surface area contributed by atoms with E-state index in [4.69, 9.17) is 0 Å². The molecular weight excluding hydrogens is 190 g/mol. The number of methoxy groups -OCH3 is 1. The Morgan fingerprint density at radius 3 is 2.60 bits per heavy atom. The fourth-order valence-electron chi connectivity index (χ4n) is 1.92. The Labute approximate surface area is 92.6 Å². The first kappa shape index (κ1) is 12.5. The van der Waals surface area contributed by atoms with Crippen molar-refractivity contribution in [3.63, 3.8) is 0 Å². The molecule has 0 aromatic heterocycles. The van der Waals surface area contributed by atoms with Crippen molar-refractivity contribution in [3.05, 3.63) is 0 Å². The first-order valence-electron chi connectivity index (χ1n) is 5.88. The smallest absolute Gasteiger partial charge is 0.305 e. The van der Waals surface area contributed by atoms with Crippen LogP contribution in [0, 0.1) is 11.3 Å².